The maximum absolute atomic E-state index is 11.7. The molecule has 0 bridgehead atoms. The molecule has 0 aromatic heterocycles. The van der Waals surface area contributed by atoms with Crippen molar-refractivity contribution in [3.8, 4) is 0 Å². The Hall–Kier alpha value is -2.22. The van der Waals surface area contributed by atoms with Gasteiger partial charge in [0.1, 0.15) is 6.29 Å². The molecule has 22 heavy (non-hydrogen) atoms. The van der Waals surface area contributed by atoms with Crippen molar-refractivity contribution < 1.29 is 27.5 Å². The van der Waals surface area contributed by atoms with Gasteiger partial charge in [-0.25, -0.2) is 13.2 Å². The van der Waals surface area contributed by atoms with Crippen molar-refractivity contribution in [2.24, 2.45) is 0 Å². The summed E-state index contributed by atoms with van der Waals surface area (Å²) in [7, 11) is -3.07. The molecule has 1 atom stereocenters. The Bertz CT molecular complexity index is 680. The van der Waals surface area contributed by atoms with Crippen LogP contribution in [-0.2, 0) is 19.4 Å². The summed E-state index contributed by atoms with van der Waals surface area (Å²) in [5.74, 6) is -1.26. The fraction of sp³-hybridized carbons (Fsp3) is 0.357. The van der Waals surface area contributed by atoms with Gasteiger partial charge < -0.3 is 10.1 Å². The first-order valence-corrected chi connectivity index (χ1v) is 8.44. The standard InChI is InChI=1S/C14H15NO6S/c16-7-10-1-3-11(4-2-10)14(18)21-8-13(17)15-12-5-6-22(19,20)9-12/h1-4,7,12H,5-6,8-9H2,(H,15,17). The second-order valence-corrected chi connectivity index (χ2v) is 7.21. The van der Waals surface area contributed by atoms with E-state index in [4.69, 9.17) is 4.74 Å². The van der Waals surface area contributed by atoms with Gasteiger partial charge in [-0.05, 0) is 18.6 Å². The third-order valence-corrected chi connectivity index (χ3v) is 4.98. The lowest BCUT2D eigenvalue weighted by molar-refractivity contribution is -0.124. The van der Waals surface area contributed by atoms with E-state index in [1.807, 2.05) is 0 Å². The van der Waals surface area contributed by atoms with E-state index in [9.17, 15) is 22.8 Å². The lowest BCUT2D eigenvalue weighted by atomic mass is 10.1. The lowest BCUT2D eigenvalue weighted by Gasteiger charge is -2.11. The molecule has 1 fully saturated rings. The van der Waals surface area contributed by atoms with Crippen LogP contribution >= 0.6 is 0 Å². The van der Waals surface area contributed by atoms with E-state index >= 15 is 0 Å². The normalized spacial score (nSPS) is 19.4. The van der Waals surface area contributed by atoms with Crippen LogP contribution in [0.4, 0.5) is 0 Å². The maximum atomic E-state index is 11.7. The first-order chi connectivity index (χ1) is 10.4. The predicted octanol–water partition coefficient (Wildman–Crippen LogP) is -0.0408. The lowest BCUT2D eigenvalue weighted by Crippen LogP contribution is -2.38. The van der Waals surface area contributed by atoms with Crippen molar-refractivity contribution in [2.45, 2.75) is 12.5 Å². The minimum Gasteiger partial charge on any atom is -0.452 e. The Labute approximate surface area is 127 Å². The fourth-order valence-electron chi connectivity index (χ4n) is 2.09. The van der Waals surface area contributed by atoms with E-state index in [1.54, 1.807) is 0 Å². The van der Waals surface area contributed by atoms with Crippen LogP contribution in [0.1, 0.15) is 27.1 Å². The summed E-state index contributed by atoms with van der Waals surface area (Å²) in [6.07, 6.45) is 1.02. The molecule has 1 aliphatic heterocycles. The first-order valence-electron chi connectivity index (χ1n) is 6.62. The maximum Gasteiger partial charge on any atom is 0.338 e. The highest BCUT2D eigenvalue weighted by atomic mass is 32.2. The number of rotatable bonds is 5. The highest BCUT2D eigenvalue weighted by molar-refractivity contribution is 7.91. The van der Waals surface area contributed by atoms with E-state index in [0.717, 1.165) is 0 Å². The number of carbonyl (C=O) groups excluding carboxylic acids is 3. The van der Waals surface area contributed by atoms with Gasteiger partial charge in [-0.15, -0.1) is 0 Å². The molecule has 8 heteroatoms. The Balaban J connectivity index is 1.80. The summed E-state index contributed by atoms with van der Waals surface area (Å²) in [5.41, 5.74) is 0.651. The van der Waals surface area contributed by atoms with Crippen LogP contribution in [0, 0.1) is 0 Å². The highest BCUT2D eigenvalue weighted by Crippen LogP contribution is 2.11. The zero-order valence-electron chi connectivity index (χ0n) is 11.7. The molecule has 1 N–H and O–H groups in total. The summed E-state index contributed by atoms with van der Waals surface area (Å²) < 4.78 is 27.4. The number of benzene rings is 1. The summed E-state index contributed by atoms with van der Waals surface area (Å²) >= 11 is 0. The van der Waals surface area contributed by atoms with E-state index in [2.05, 4.69) is 5.32 Å². The minimum absolute atomic E-state index is 0.0564. The zero-order chi connectivity index (χ0) is 16.2. The molecule has 0 saturated carbocycles. The Morgan fingerprint density at radius 1 is 1.27 bits per heavy atom. The second-order valence-electron chi connectivity index (χ2n) is 4.98. The summed E-state index contributed by atoms with van der Waals surface area (Å²) in [6, 6.07) is 5.35. The van der Waals surface area contributed by atoms with Gasteiger partial charge >= 0.3 is 5.97 Å². The number of sulfone groups is 1. The van der Waals surface area contributed by atoms with Gasteiger partial charge in [0.15, 0.2) is 16.4 Å². The number of aldehydes is 1. The van der Waals surface area contributed by atoms with Gasteiger partial charge in [0.25, 0.3) is 5.91 Å². The summed E-state index contributed by atoms with van der Waals surface area (Å²) in [4.78, 5) is 33.8. The number of nitrogens with one attached hydrogen (secondary N) is 1. The fourth-order valence-corrected chi connectivity index (χ4v) is 3.76. The summed E-state index contributed by atoms with van der Waals surface area (Å²) in [5, 5.41) is 2.52. The Kier molecular flexibility index (Phi) is 4.92. The van der Waals surface area contributed by atoms with Gasteiger partial charge in [-0.3, -0.25) is 9.59 Å². The highest BCUT2D eigenvalue weighted by Gasteiger charge is 2.29. The van der Waals surface area contributed by atoms with Crippen LogP contribution < -0.4 is 5.32 Å². The number of ether oxygens (including phenoxy) is 1. The molecule has 2 rings (SSSR count). The Morgan fingerprint density at radius 3 is 2.50 bits per heavy atom. The molecule has 1 saturated heterocycles. The van der Waals surface area contributed by atoms with Crippen molar-refractivity contribution in [3.63, 3.8) is 0 Å². The molecule has 1 unspecified atom stereocenters. The van der Waals surface area contributed by atoms with E-state index in [0.29, 0.717) is 18.3 Å². The molecule has 1 heterocycles. The van der Waals surface area contributed by atoms with Crippen LogP contribution in [0.2, 0.25) is 0 Å². The minimum atomic E-state index is -3.07. The van der Waals surface area contributed by atoms with Crippen LogP contribution in [-0.4, -0.2) is 50.7 Å². The largest absolute Gasteiger partial charge is 0.452 e. The van der Waals surface area contributed by atoms with Gasteiger partial charge in [0, 0.05) is 11.6 Å². The molecule has 7 nitrogen and oxygen atoms in total. The molecule has 1 aliphatic rings. The van der Waals surface area contributed by atoms with Gasteiger partial charge in [-0.1, -0.05) is 12.1 Å². The third kappa shape index (κ3) is 4.39. The average molecular weight is 325 g/mol. The van der Waals surface area contributed by atoms with Crippen LogP contribution in [0.5, 0.6) is 0 Å². The van der Waals surface area contributed by atoms with E-state index in [1.165, 1.54) is 24.3 Å². The number of amides is 1. The smallest absolute Gasteiger partial charge is 0.338 e. The number of hydrogen-bond donors (Lipinski definition) is 1. The predicted molar refractivity (Wildman–Crippen MR) is 77.3 cm³/mol. The van der Waals surface area contributed by atoms with Crippen molar-refractivity contribution in [3.05, 3.63) is 35.4 Å². The van der Waals surface area contributed by atoms with Gasteiger partial charge in [0.2, 0.25) is 0 Å². The number of esters is 1. The number of hydrogen-bond acceptors (Lipinski definition) is 6. The van der Waals surface area contributed by atoms with E-state index < -0.39 is 34.4 Å². The molecule has 0 radical (unpaired) electrons. The van der Waals surface area contributed by atoms with Crippen molar-refractivity contribution >= 4 is 28.0 Å². The third-order valence-electron chi connectivity index (χ3n) is 3.21. The monoisotopic (exact) mass is 325 g/mol. The van der Waals surface area contributed by atoms with Gasteiger partial charge in [-0.2, -0.15) is 0 Å². The average Bonchev–Trinajstić information content (AvgIpc) is 2.83. The molecule has 1 aromatic rings. The van der Waals surface area contributed by atoms with Crippen molar-refractivity contribution in [1.29, 1.82) is 0 Å². The first kappa shape index (κ1) is 16.2. The van der Waals surface area contributed by atoms with E-state index in [-0.39, 0.29) is 17.1 Å². The topological polar surface area (TPSA) is 107 Å². The van der Waals surface area contributed by atoms with Crippen LogP contribution in [0.15, 0.2) is 24.3 Å². The Morgan fingerprint density at radius 2 is 1.95 bits per heavy atom. The van der Waals surface area contributed by atoms with Crippen molar-refractivity contribution in [2.75, 3.05) is 18.1 Å². The second kappa shape index (κ2) is 6.69. The summed E-state index contributed by atoms with van der Waals surface area (Å²) in [6.45, 7) is -0.481. The van der Waals surface area contributed by atoms with Crippen LogP contribution in [0.25, 0.3) is 0 Å². The molecule has 0 aliphatic carbocycles. The molecule has 118 valence electrons. The quantitative estimate of drug-likeness (QED) is 0.601. The molecular formula is C14H15NO6S. The zero-order valence-corrected chi connectivity index (χ0v) is 12.5. The molecular weight excluding hydrogens is 310 g/mol. The number of carbonyl (C=O) groups is 3. The molecule has 1 aromatic carbocycles. The van der Waals surface area contributed by atoms with Crippen molar-refractivity contribution in [1.82, 2.24) is 5.32 Å². The SMILES string of the molecule is O=Cc1ccc(C(=O)OCC(=O)NC2CCS(=O)(=O)C2)cc1. The van der Waals surface area contributed by atoms with Gasteiger partial charge in [0.05, 0.1) is 17.1 Å². The molecule has 1 amide bonds. The molecule has 0 spiro atoms. The van der Waals surface area contributed by atoms with Crippen LogP contribution in [0.3, 0.4) is 0 Å².